The number of nitrogens with zero attached hydrogens (tertiary/aromatic N) is 8. The van der Waals surface area contributed by atoms with Gasteiger partial charge in [-0.25, -0.2) is 9.97 Å². The van der Waals surface area contributed by atoms with Crippen LogP contribution in [-0.4, -0.2) is 29.9 Å². The molecule has 0 saturated carbocycles. The van der Waals surface area contributed by atoms with Crippen molar-refractivity contribution in [3.8, 4) is 45.6 Å². The van der Waals surface area contributed by atoms with E-state index in [1.807, 2.05) is 0 Å². The first-order valence-electron chi connectivity index (χ1n) is 19.6. The van der Waals surface area contributed by atoms with Gasteiger partial charge in [0.15, 0.2) is 0 Å². The Kier molecular flexibility index (Phi) is 8.73. The summed E-state index contributed by atoms with van der Waals surface area (Å²) < 4.78 is 0. The van der Waals surface area contributed by atoms with Gasteiger partial charge in [0.25, 0.3) is 0 Å². The fourth-order valence-electron chi connectivity index (χ4n) is 9.38. The minimum Gasteiger partial charge on any atom is -0.357 e. The first kappa shape index (κ1) is 38.6. The molecule has 0 spiro atoms. The molecule has 8 nitrogen and oxygen atoms in total. The Morgan fingerprint density at radius 1 is 0.228 bits per heavy atom. The molecule has 0 amide bonds. The van der Waals surface area contributed by atoms with Crippen LogP contribution < -0.4 is 9.97 Å². The number of aromatic nitrogens is 8. The molecule has 0 unspecified atom stereocenters. The number of rotatable bonds is 0. The molecule has 0 N–H and O–H groups in total. The molecule has 291 valence electrons. The largest absolute Gasteiger partial charge is 2.00 e. The molecule has 0 aliphatic carbocycles. The van der Waals surface area contributed by atoms with Gasteiger partial charge in [0, 0.05) is 44.8 Å². The molecular weight excluding hydrogens is 752 g/mol. The Labute approximate surface area is 345 Å². The Morgan fingerprint density at radius 3 is 0.596 bits per heavy atom. The van der Waals surface area contributed by atoms with Crippen LogP contribution in [0.4, 0.5) is 0 Å². The third kappa shape index (κ3) is 5.04. The van der Waals surface area contributed by atoms with Crippen LogP contribution in [0.5, 0.6) is 0 Å². The molecule has 2 aliphatic rings. The zero-order valence-electron chi connectivity index (χ0n) is 35.9. The maximum Gasteiger partial charge on any atom is 2.00 e. The van der Waals surface area contributed by atoms with Crippen LogP contribution in [0.3, 0.4) is 0 Å². The van der Waals surface area contributed by atoms with Crippen LogP contribution in [0, 0.1) is 111 Å². The van der Waals surface area contributed by atoms with Gasteiger partial charge in [-0.15, -0.1) is 0 Å². The molecule has 8 bridgehead atoms. The van der Waals surface area contributed by atoms with Gasteiger partial charge in [0.05, 0.1) is 23.3 Å². The van der Waals surface area contributed by atoms with E-state index in [1.165, 1.54) is 44.5 Å². The monoisotopic (exact) mass is 799 g/mol. The summed E-state index contributed by atoms with van der Waals surface area (Å²) >= 11 is 0. The van der Waals surface area contributed by atoms with E-state index in [9.17, 15) is 0 Å². The summed E-state index contributed by atoms with van der Waals surface area (Å²) in [7, 11) is 0. The van der Waals surface area contributed by atoms with Gasteiger partial charge in [-0.05, 0) is 221 Å². The van der Waals surface area contributed by atoms with Crippen molar-refractivity contribution >= 4 is 44.1 Å². The fourth-order valence-corrected chi connectivity index (χ4v) is 9.38. The van der Waals surface area contributed by atoms with E-state index in [-0.39, 0.29) is 17.1 Å². The molecular formula is C48H48CuN8. The molecule has 1 radical (unpaired) electrons. The number of aryl methyl sites for hydroxylation is 4. The third-order valence-corrected chi connectivity index (χ3v) is 14.2. The van der Waals surface area contributed by atoms with E-state index in [0.29, 0.717) is 45.9 Å². The van der Waals surface area contributed by atoms with Crippen LogP contribution in [-0.2, 0) is 17.1 Å². The SMILES string of the molecule is Cc1c(C)c(C)c2c(c1C)-c1nc-2nc2[n-]c(nc3nc(nc4[n-]c(n1)c1c(C)c(C)c(C)c(C)c41)-c1c(C)c(C)c(C)c(C)c1-3)c1c(C)c(C)c(C)c(C)c21.[Cu+2]. The first-order chi connectivity index (χ1) is 26.4. The van der Waals surface area contributed by atoms with Gasteiger partial charge in [-0.1, -0.05) is 0 Å². The summed E-state index contributed by atoms with van der Waals surface area (Å²) in [4.78, 5) is 42.8. The molecule has 9 heteroatoms. The van der Waals surface area contributed by atoms with Gasteiger partial charge in [-0.3, -0.25) is 0 Å². The maximum atomic E-state index is 5.41. The van der Waals surface area contributed by atoms with E-state index in [2.05, 4.69) is 111 Å². The Balaban J connectivity index is 0.00000455. The van der Waals surface area contributed by atoms with Crippen molar-refractivity contribution in [1.82, 2.24) is 39.9 Å². The Hall–Kier alpha value is -5.24. The fraction of sp³-hybridized carbons (Fsp3) is 0.333. The minimum absolute atomic E-state index is 0. The van der Waals surface area contributed by atoms with Crippen molar-refractivity contribution < 1.29 is 17.1 Å². The van der Waals surface area contributed by atoms with Crippen molar-refractivity contribution in [2.45, 2.75) is 111 Å². The first-order valence-corrected chi connectivity index (χ1v) is 19.6. The van der Waals surface area contributed by atoms with Crippen LogP contribution in [0.25, 0.3) is 89.7 Å². The smallest absolute Gasteiger partial charge is 0.357 e. The van der Waals surface area contributed by atoms with Crippen LogP contribution >= 0.6 is 0 Å². The van der Waals surface area contributed by atoms with Gasteiger partial charge >= 0.3 is 17.1 Å². The summed E-state index contributed by atoms with van der Waals surface area (Å²) in [5.41, 5.74) is 25.3. The Bertz CT molecular complexity index is 2780. The van der Waals surface area contributed by atoms with Gasteiger partial charge < -0.3 is 29.9 Å². The topological polar surface area (TPSA) is 106 Å². The molecule has 9 rings (SSSR count). The number of benzene rings is 4. The van der Waals surface area contributed by atoms with Crippen LogP contribution in [0.1, 0.15) is 89.0 Å². The molecule has 7 aromatic rings. The van der Waals surface area contributed by atoms with Crippen LogP contribution in [0.15, 0.2) is 0 Å². The third-order valence-electron chi connectivity index (χ3n) is 14.2. The zero-order valence-corrected chi connectivity index (χ0v) is 36.8. The molecule has 0 fully saturated rings. The van der Waals surface area contributed by atoms with Crippen LogP contribution in [0.2, 0.25) is 0 Å². The van der Waals surface area contributed by atoms with Crippen molar-refractivity contribution in [2.24, 2.45) is 0 Å². The predicted molar refractivity (Wildman–Crippen MR) is 230 cm³/mol. The number of fused-ring (bicyclic) bond motifs is 20. The second-order valence-corrected chi connectivity index (χ2v) is 16.5. The second kappa shape index (κ2) is 12.9. The van der Waals surface area contributed by atoms with E-state index >= 15 is 0 Å². The zero-order chi connectivity index (χ0) is 40.1. The second-order valence-electron chi connectivity index (χ2n) is 16.5. The average Bonchev–Trinajstić information content (AvgIpc) is 3.92. The maximum absolute atomic E-state index is 5.41. The summed E-state index contributed by atoms with van der Waals surface area (Å²) in [6.45, 7) is 34.8. The summed E-state index contributed by atoms with van der Waals surface area (Å²) in [5.74, 6) is 2.42. The quantitative estimate of drug-likeness (QED) is 0.140. The van der Waals surface area contributed by atoms with Crippen molar-refractivity contribution in [3.05, 3.63) is 89.0 Å². The molecule has 3 aromatic heterocycles. The van der Waals surface area contributed by atoms with E-state index in [1.54, 1.807) is 0 Å². The van der Waals surface area contributed by atoms with Crippen molar-refractivity contribution in [3.63, 3.8) is 0 Å². The van der Waals surface area contributed by atoms with E-state index in [0.717, 1.165) is 88.3 Å². The van der Waals surface area contributed by atoms with E-state index < -0.39 is 0 Å². The molecule has 0 atom stereocenters. The van der Waals surface area contributed by atoms with Gasteiger partial charge in [0.2, 0.25) is 0 Å². The molecule has 2 aliphatic heterocycles. The van der Waals surface area contributed by atoms with Crippen molar-refractivity contribution in [2.75, 3.05) is 0 Å². The number of hydrogen-bond donors (Lipinski definition) is 0. The average molecular weight is 801 g/mol. The Morgan fingerprint density at radius 2 is 0.404 bits per heavy atom. The normalized spacial score (nSPS) is 12.1. The van der Waals surface area contributed by atoms with Crippen molar-refractivity contribution in [1.29, 1.82) is 0 Å². The number of hydrogen-bond acceptors (Lipinski definition) is 6. The summed E-state index contributed by atoms with van der Waals surface area (Å²) in [6.07, 6.45) is 0. The summed E-state index contributed by atoms with van der Waals surface area (Å²) in [6, 6.07) is 0. The summed E-state index contributed by atoms with van der Waals surface area (Å²) in [5, 5.41) is 3.97. The molecule has 57 heavy (non-hydrogen) atoms. The standard InChI is InChI=1S/C48H48N8.Cu/c1-17-18(2)26(10)34-33(25(17)9)41-49-42(34)54-44-37-29(13)21(5)22(6)30(14)38(37)46(51-44)56-48-40-32(16)24(8)23(7)31(15)39(40)47(52-48)55-45-36-28(12)20(4)19(3)27(11)35(36)43(50-45)53-41;/h1-16H3;/q-2;+2. The predicted octanol–water partition coefficient (Wildman–Crippen LogP) is 11.1. The molecule has 4 aromatic carbocycles. The molecule has 0 saturated heterocycles. The van der Waals surface area contributed by atoms with Gasteiger partial charge in [-0.2, -0.15) is 0 Å². The van der Waals surface area contributed by atoms with E-state index in [4.69, 9.17) is 39.9 Å². The van der Waals surface area contributed by atoms with Gasteiger partial charge in [0.1, 0.15) is 0 Å². The molecule has 5 heterocycles. The minimum atomic E-state index is 0.